The molecule has 0 aromatic rings. The first-order valence-corrected chi connectivity index (χ1v) is 10.3. The number of likely N-dealkylation sites (tertiary alicyclic amines) is 1. The minimum absolute atomic E-state index is 0.0133. The maximum absolute atomic E-state index is 12.6. The number of rotatable bonds is 2. The Kier molecular flexibility index (Phi) is 5.91. The van der Waals surface area contributed by atoms with Gasteiger partial charge in [0.05, 0.1) is 34.5 Å². The van der Waals surface area contributed by atoms with Gasteiger partial charge in [0.2, 0.25) is 0 Å². The van der Waals surface area contributed by atoms with Crippen LogP contribution in [0.3, 0.4) is 0 Å². The van der Waals surface area contributed by atoms with E-state index in [2.05, 4.69) is 4.72 Å². The number of amides is 1. The highest BCUT2D eigenvalue weighted by atomic mass is 32.2. The molecule has 0 aromatic heterocycles. The van der Waals surface area contributed by atoms with Gasteiger partial charge in [-0.25, -0.2) is 13.7 Å². The molecule has 7 heteroatoms. The van der Waals surface area contributed by atoms with Gasteiger partial charge in [0.15, 0.2) is 0 Å². The Morgan fingerprint density at radius 1 is 1.20 bits per heavy atom. The zero-order valence-electron chi connectivity index (χ0n) is 16.7. The van der Waals surface area contributed by atoms with E-state index in [0.717, 1.165) is 12.8 Å². The van der Waals surface area contributed by atoms with Gasteiger partial charge >= 0.3 is 6.09 Å². The number of hydrogen-bond acceptors (Lipinski definition) is 4. The standard InChI is InChI=1S/C18H34N2O4S/c1-13-14(19-25(22)17(5,6)7)18(12-23-13)8-10-20(11-9-18)15(21)24-16(2,3)4/h13-14,19H,8-12H2,1-7H3/t13-,14?,25+/m0/s1. The zero-order valence-corrected chi connectivity index (χ0v) is 17.5. The molecular weight excluding hydrogens is 340 g/mol. The van der Waals surface area contributed by atoms with Crippen LogP contribution < -0.4 is 4.72 Å². The molecule has 2 aliphatic rings. The van der Waals surface area contributed by atoms with Crippen LogP contribution in [0, 0.1) is 5.41 Å². The SMILES string of the molecule is C[C@@H]1OCC2(CCN(C(=O)OC(C)(C)C)CC2)C1N[S@](=O)C(C)(C)C. The number of hydrogen-bond donors (Lipinski definition) is 1. The average molecular weight is 375 g/mol. The van der Waals surface area contributed by atoms with Crippen molar-refractivity contribution in [3.63, 3.8) is 0 Å². The molecular formula is C18H34N2O4S. The van der Waals surface area contributed by atoms with Crippen molar-refractivity contribution >= 4 is 17.1 Å². The van der Waals surface area contributed by atoms with Crippen molar-refractivity contribution in [2.75, 3.05) is 19.7 Å². The molecule has 2 fully saturated rings. The first kappa shape index (κ1) is 20.6. The largest absolute Gasteiger partial charge is 0.444 e. The van der Waals surface area contributed by atoms with Crippen LogP contribution in [0.15, 0.2) is 0 Å². The Labute approximate surface area is 154 Å². The van der Waals surface area contributed by atoms with Crippen molar-refractivity contribution in [3.8, 4) is 0 Å². The molecule has 2 saturated heterocycles. The summed E-state index contributed by atoms with van der Waals surface area (Å²) in [5.74, 6) is 0. The Morgan fingerprint density at radius 2 is 1.76 bits per heavy atom. The molecule has 25 heavy (non-hydrogen) atoms. The van der Waals surface area contributed by atoms with E-state index in [1.54, 1.807) is 4.90 Å². The normalized spacial score (nSPS) is 28.2. The minimum Gasteiger partial charge on any atom is -0.444 e. The summed E-state index contributed by atoms with van der Waals surface area (Å²) in [5.41, 5.74) is -0.552. The number of carbonyl (C=O) groups excluding carboxylic acids is 1. The van der Waals surface area contributed by atoms with Gasteiger partial charge in [0.25, 0.3) is 0 Å². The summed E-state index contributed by atoms with van der Waals surface area (Å²) >= 11 is 0. The highest BCUT2D eigenvalue weighted by molar-refractivity contribution is 7.84. The smallest absolute Gasteiger partial charge is 0.410 e. The Balaban J connectivity index is 2.02. The molecule has 1 unspecified atom stereocenters. The van der Waals surface area contributed by atoms with Gasteiger partial charge in [0, 0.05) is 18.5 Å². The molecule has 1 N–H and O–H groups in total. The lowest BCUT2D eigenvalue weighted by atomic mass is 9.73. The van der Waals surface area contributed by atoms with E-state index in [4.69, 9.17) is 9.47 Å². The van der Waals surface area contributed by atoms with Crippen LogP contribution in [-0.4, -0.2) is 57.4 Å². The fourth-order valence-corrected chi connectivity index (χ4v) is 4.44. The third-order valence-electron chi connectivity index (χ3n) is 4.96. The minimum atomic E-state index is -1.14. The van der Waals surface area contributed by atoms with Crippen LogP contribution in [0.25, 0.3) is 0 Å². The van der Waals surface area contributed by atoms with E-state index < -0.39 is 16.6 Å². The third kappa shape index (κ3) is 4.95. The van der Waals surface area contributed by atoms with Crippen LogP contribution in [-0.2, 0) is 20.5 Å². The summed E-state index contributed by atoms with van der Waals surface area (Å²) in [7, 11) is -1.14. The predicted octanol–water partition coefficient (Wildman–Crippen LogP) is 2.84. The number of ether oxygens (including phenoxy) is 2. The van der Waals surface area contributed by atoms with E-state index in [9.17, 15) is 9.00 Å². The summed E-state index contributed by atoms with van der Waals surface area (Å²) in [6.07, 6.45) is 1.42. The van der Waals surface area contributed by atoms with Gasteiger partial charge in [-0.2, -0.15) is 0 Å². The molecule has 0 aliphatic carbocycles. The fourth-order valence-electron chi connectivity index (χ4n) is 3.41. The van der Waals surface area contributed by atoms with Crippen LogP contribution >= 0.6 is 0 Å². The van der Waals surface area contributed by atoms with E-state index in [-0.39, 0.29) is 28.4 Å². The van der Waals surface area contributed by atoms with Crippen molar-refractivity contribution in [2.24, 2.45) is 5.41 Å². The number of nitrogens with one attached hydrogen (secondary N) is 1. The second-order valence-electron chi connectivity index (χ2n) is 9.32. The maximum Gasteiger partial charge on any atom is 0.410 e. The van der Waals surface area contributed by atoms with Gasteiger partial charge in [-0.1, -0.05) is 0 Å². The highest BCUT2D eigenvalue weighted by Crippen LogP contribution is 2.42. The number of nitrogens with zero attached hydrogens (tertiary/aromatic N) is 1. The molecule has 146 valence electrons. The summed E-state index contributed by atoms with van der Waals surface area (Å²) in [5, 5.41) is 0. The number of carbonyl (C=O) groups is 1. The van der Waals surface area contributed by atoms with Crippen molar-refractivity contribution in [1.29, 1.82) is 0 Å². The van der Waals surface area contributed by atoms with Gasteiger partial charge in [-0.3, -0.25) is 0 Å². The quantitative estimate of drug-likeness (QED) is 0.807. The molecule has 1 spiro atoms. The molecule has 0 radical (unpaired) electrons. The van der Waals surface area contributed by atoms with Crippen molar-refractivity contribution in [3.05, 3.63) is 0 Å². The number of piperidine rings is 1. The average Bonchev–Trinajstić information content (AvgIpc) is 2.75. The third-order valence-corrected chi connectivity index (χ3v) is 6.54. The lowest BCUT2D eigenvalue weighted by Crippen LogP contribution is -2.55. The summed E-state index contributed by atoms with van der Waals surface area (Å²) in [6, 6.07) is 0.0355. The van der Waals surface area contributed by atoms with E-state index >= 15 is 0 Å². The van der Waals surface area contributed by atoms with Gasteiger partial charge in [-0.05, 0) is 61.3 Å². The molecule has 2 aliphatic heterocycles. The molecule has 6 nitrogen and oxygen atoms in total. The molecule has 0 saturated carbocycles. The summed E-state index contributed by atoms with van der Waals surface area (Å²) in [4.78, 5) is 14.1. The van der Waals surface area contributed by atoms with Crippen molar-refractivity contribution in [1.82, 2.24) is 9.62 Å². The Hall–Kier alpha value is -0.660. The second kappa shape index (κ2) is 7.16. The van der Waals surface area contributed by atoms with E-state index in [1.807, 2.05) is 48.5 Å². The lowest BCUT2D eigenvalue weighted by Gasteiger charge is -2.43. The maximum atomic E-state index is 12.6. The van der Waals surface area contributed by atoms with Crippen LogP contribution in [0.5, 0.6) is 0 Å². The Morgan fingerprint density at radius 3 is 2.24 bits per heavy atom. The lowest BCUT2D eigenvalue weighted by molar-refractivity contribution is 0.00648. The predicted molar refractivity (Wildman–Crippen MR) is 99.7 cm³/mol. The summed E-state index contributed by atoms with van der Waals surface area (Å²) < 4.78 is 27.0. The van der Waals surface area contributed by atoms with Crippen LogP contribution in [0.4, 0.5) is 4.79 Å². The molecule has 0 bridgehead atoms. The summed E-state index contributed by atoms with van der Waals surface area (Å²) in [6.45, 7) is 15.5. The van der Waals surface area contributed by atoms with E-state index in [1.165, 1.54) is 0 Å². The van der Waals surface area contributed by atoms with Gasteiger partial charge in [-0.15, -0.1) is 0 Å². The first-order valence-electron chi connectivity index (χ1n) is 9.12. The van der Waals surface area contributed by atoms with Crippen molar-refractivity contribution < 1.29 is 18.5 Å². The topological polar surface area (TPSA) is 67.9 Å². The van der Waals surface area contributed by atoms with Gasteiger partial charge in [0.1, 0.15) is 5.60 Å². The van der Waals surface area contributed by atoms with Crippen LogP contribution in [0.1, 0.15) is 61.3 Å². The fraction of sp³-hybridized carbons (Fsp3) is 0.944. The molecule has 3 atom stereocenters. The Bertz CT molecular complexity index is 516. The van der Waals surface area contributed by atoms with Crippen LogP contribution in [0.2, 0.25) is 0 Å². The van der Waals surface area contributed by atoms with E-state index in [0.29, 0.717) is 19.7 Å². The highest BCUT2D eigenvalue weighted by Gasteiger charge is 2.51. The monoisotopic (exact) mass is 374 g/mol. The molecule has 1 amide bonds. The molecule has 2 rings (SSSR count). The first-order chi connectivity index (χ1) is 11.3. The zero-order chi connectivity index (χ0) is 19.0. The van der Waals surface area contributed by atoms with Gasteiger partial charge < -0.3 is 14.4 Å². The molecule has 0 aromatic carbocycles. The second-order valence-corrected chi connectivity index (χ2v) is 11.3. The van der Waals surface area contributed by atoms with Crippen molar-refractivity contribution in [2.45, 2.75) is 83.8 Å². The molecule has 2 heterocycles.